The predicted octanol–water partition coefficient (Wildman–Crippen LogP) is 5.53. The minimum absolute atomic E-state index is 0.102. The summed E-state index contributed by atoms with van der Waals surface area (Å²) in [6.45, 7) is 0. The van der Waals surface area contributed by atoms with Crippen molar-refractivity contribution in [2.45, 2.75) is 64.2 Å². The molecule has 0 amide bonds. The Labute approximate surface area is 139 Å². The summed E-state index contributed by atoms with van der Waals surface area (Å²) in [7, 11) is 0. The number of para-hydroxylation sites is 1. The number of benzene rings is 1. The monoisotopic (exact) mass is 317 g/mol. The highest BCUT2D eigenvalue weighted by atomic mass is 32.1. The molecule has 1 aromatic carbocycles. The molecule has 1 saturated carbocycles. The van der Waals surface area contributed by atoms with Gasteiger partial charge in [0.15, 0.2) is 0 Å². The summed E-state index contributed by atoms with van der Waals surface area (Å²) in [5.74, 6) is 0.226. The molecule has 0 radical (unpaired) electrons. The summed E-state index contributed by atoms with van der Waals surface area (Å²) < 4.78 is 0. The van der Waals surface area contributed by atoms with Gasteiger partial charge in [-0.1, -0.05) is 75.4 Å². The zero-order chi connectivity index (χ0) is 15.6. The second-order valence-electron chi connectivity index (χ2n) is 6.24. The molecule has 0 saturated heterocycles. The summed E-state index contributed by atoms with van der Waals surface area (Å²) in [6.07, 6.45) is 11.3. The minimum atomic E-state index is -0.102. The van der Waals surface area contributed by atoms with Crippen LogP contribution in [0.2, 0.25) is 0 Å². The van der Waals surface area contributed by atoms with Crippen molar-refractivity contribution in [1.82, 2.24) is 0 Å². The standard InChI is InChI=1S/C19H27NOS/c21-18-15-11-6-4-2-1-3-5-10-14-17(18)19(22)20-16-12-8-7-9-13-16/h7-9,12-13,17H,1-6,10-11,14-15H2,(H,20,22). The zero-order valence-electron chi connectivity index (χ0n) is 13.4. The molecule has 0 aromatic heterocycles. The van der Waals surface area contributed by atoms with Crippen molar-refractivity contribution in [2.75, 3.05) is 5.32 Å². The molecule has 1 aromatic rings. The fraction of sp³-hybridized carbons (Fsp3) is 0.579. The predicted molar refractivity (Wildman–Crippen MR) is 97.3 cm³/mol. The van der Waals surface area contributed by atoms with E-state index in [1.165, 1.54) is 38.5 Å². The smallest absolute Gasteiger partial charge is 0.142 e. The van der Waals surface area contributed by atoms with Gasteiger partial charge >= 0.3 is 0 Å². The van der Waals surface area contributed by atoms with Crippen LogP contribution in [0.5, 0.6) is 0 Å². The maximum absolute atomic E-state index is 12.5. The molecule has 1 aliphatic carbocycles. The van der Waals surface area contributed by atoms with Gasteiger partial charge in [0.05, 0.1) is 10.9 Å². The highest BCUT2D eigenvalue weighted by Gasteiger charge is 2.22. The van der Waals surface area contributed by atoms with E-state index < -0.39 is 0 Å². The van der Waals surface area contributed by atoms with Crippen LogP contribution in [0.25, 0.3) is 0 Å². The Bertz CT molecular complexity index is 472. The second kappa shape index (κ2) is 9.73. The van der Waals surface area contributed by atoms with Gasteiger partial charge in [0, 0.05) is 12.1 Å². The highest BCUT2D eigenvalue weighted by Crippen LogP contribution is 2.21. The van der Waals surface area contributed by atoms with Crippen LogP contribution in [0.4, 0.5) is 5.69 Å². The number of anilines is 1. The van der Waals surface area contributed by atoms with Crippen molar-refractivity contribution in [3.8, 4) is 0 Å². The molecule has 1 atom stereocenters. The maximum Gasteiger partial charge on any atom is 0.142 e. The fourth-order valence-electron chi connectivity index (χ4n) is 3.07. The topological polar surface area (TPSA) is 29.1 Å². The van der Waals surface area contributed by atoms with Crippen LogP contribution in [0, 0.1) is 5.92 Å². The Morgan fingerprint density at radius 2 is 1.50 bits per heavy atom. The lowest BCUT2D eigenvalue weighted by Crippen LogP contribution is -2.28. The number of carbonyl (C=O) groups is 1. The van der Waals surface area contributed by atoms with Crippen molar-refractivity contribution in [3.63, 3.8) is 0 Å². The van der Waals surface area contributed by atoms with Crippen LogP contribution in [-0.4, -0.2) is 10.8 Å². The summed E-state index contributed by atoms with van der Waals surface area (Å²) in [6, 6.07) is 9.93. The maximum atomic E-state index is 12.5. The van der Waals surface area contributed by atoms with Crippen LogP contribution < -0.4 is 5.32 Å². The Morgan fingerprint density at radius 3 is 2.18 bits per heavy atom. The first-order valence-corrected chi connectivity index (χ1v) is 9.07. The molecule has 2 rings (SSSR count). The Balaban J connectivity index is 1.96. The molecule has 2 nitrogen and oxygen atoms in total. The van der Waals surface area contributed by atoms with E-state index in [0.717, 1.165) is 24.9 Å². The second-order valence-corrected chi connectivity index (χ2v) is 6.68. The molecule has 1 fully saturated rings. The van der Waals surface area contributed by atoms with Crippen LogP contribution in [0.3, 0.4) is 0 Å². The van der Waals surface area contributed by atoms with Gasteiger partial charge in [-0.25, -0.2) is 0 Å². The lowest BCUT2D eigenvalue weighted by molar-refractivity contribution is -0.121. The van der Waals surface area contributed by atoms with E-state index in [9.17, 15) is 4.79 Å². The van der Waals surface area contributed by atoms with Crippen LogP contribution in [0.1, 0.15) is 64.2 Å². The SMILES string of the molecule is O=C1CCCCCCCCCCC1C(=S)Nc1ccccc1. The molecule has 22 heavy (non-hydrogen) atoms. The van der Waals surface area contributed by atoms with Crippen molar-refractivity contribution in [1.29, 1.82) is 0 Å². The summed E-state index contributed by atoms with van der Waals surface area (Å²) in [5.41, 5.74) is 0.978. The third-order valence-electron chi connectivity index (χ3n) is 4.41. The van der Waals surface area contributed by atoms with E-state index >= 15 is 0 Å². The molecule has 0 heterocycles. The number of nitrogens with one attached hydrogen (secondary N) is 1. The minimum Gasteiger partial charge on any atom is -0.349 e. The largest absolute Gasteiger partial charge is 0.349 e. The number of thiocarbonyl (C=S) groups is 1. The average molecular weight is 317 g/mol. The molecule has 0 aliphatic heterocycles. The van der Waals surface area contributed by atoms with Gasteiger partial charge in [0.25, 0.3) is 0 Å². The Morgan fingerprint density at radius 1 is 0.909 bits per heavy atom. The lowest BCUT2D eigenvalue weighted by Gasteiger charge is -2.19. The number of ketones is 1. The van der Waals surface area contributed by atoms with E-state index in [-0.39, 0.29) is 5.92 Å². The molecule has 0 spiro atoms. The molecule has 3 heteroatoms. The highest BCUT2D eigenvalue weighted by molar-refractivity contribution is 7.80. The van der Waals surface area contributed by atoms with Gasteiger partial charge in [-0.3, -0.25) is 4.79 Å². The van der Waals surface area contributed by atoms with E-state index in [0.29, 0.717) is 17.2 Å². The number of hydrogen-bond donors (Lipinski definition) is 1. The van der Waals surface area contributed by atoms with Crippen molar-refractivity contribution in [3.05, 3.63) is 30.3 Å². The fourth-order valence-corrected chi connectivity index (χ4v) is 3.44. The van der Waals surface area contributed by atoms with Crippen molar-refractivity contribution in [2.24, 2.45) is 5.92 Å². The van der Waals surface area contributed by atoms with Gasteiger partial charge in [-0.15, -0.1) is 0 Å². The molecule has 1 N–H and O–H groups in total. The first kappa shape index (κ1) is 17.1. The lowest BCUT2D eigenvalue weighted by atomic mass is 9.91. The third kappa shape index (κ3) is 5.88. The average Bonchev–Trinajstić information content (AvgIpc) is 2.51. The quantitative estimate of drug-likeness (QED) is 0.728. The molecule has 120 valence electrons. The summed E-state index contributed by atoms with van der Waals surface area (Å²) in [4.78, 5) is 13.2. The van der Waals surface area contributed by atoms with Gasteiger partial charge in [0.1, 0.15) is 5.78 Å². The number of Topliss-reactive ketones (excluding diaryl/α,β-unsaturated/α-hetero) is 1. The Hall–Kier alpha value is -1.22. The molecular weight excluding hydrogens is 290 g/mol. The molecular formula is C19H27NOS. The van der Waals surface area contributed by atoms with E-state index in [4.69, 9.17) is 12.2 Å². The Kier molecular flexibility index (Phi) is 7.58. The first-order valence-electron chi connectivity index (χ1n) is 8.66. The van der Waals surface area contributed by atoms with Gasteiger partial charge in [-0.05, 0) is 25.0 Å². The zero-order valence-corrected chi connectivity index (χ0v) is 14.2. The number of carbonyl (C=O) groups excluding carboxylic acids is 1. The van der Waals surface area contributed by atoms with E-state index in [1.54, 1.807) is 0 Å². The van der Waals surface area contributed by atoms with Crippen LogP contribution in [-0.2, 0) is 4.79 Å². The van der Waals surface area contributed by atoms with E-state index in [1.807, 2.05) is 30.3 Å². The van der Waals surface area contributed by atoms with Gasteiger partial charge in [-0.2, -0.15) is 0 Å². The van der Waals surface area contributed by atoms with Crippen molar-refractivity contribution >= 4 is 28.7 Å². The molecule has 0 bridgehead atoms. The number of hydrogen-bond acceptors (Lipinski definition) is 2. The first-order chi connectivity index (χ1) is 10.8. The third-order valence-corrected chi connectivity index (χ3v) is 4.80. The van der Waals surface area contributed by atoms with Crippen molar-refractivity contribution < 1.29 is 4.79 Å². The summed E-state index contributed by atoms with van der Waals surface area (Å²) in [5, 5.41) is 3.26. The van der Waals surface area contributed by atoms with Gasteiger partial charge in [0.2, 0.25) is 0 Å². The van der Waals surface area contributed by atoms with Crippen LogP contribution in [0.15, 0.2) is 30.3 Å². The summed E-state index contributed by atoms with van der Waals surface area (Å²) >= 11 is 5.54. The van der Waals surface area contributed by atoms with Gasteiger partial charge < -0.3 is 5.32 Å². The molecule has 1 aliphatic rings. The number of rotatable bonds is 2. The normalized spacial score (nSPS) is 21.5. The molecule has 1 unspecified atom stereocenters. The van der Waals surface area contributed by atoms with Crippen LogP contribution >= 0.6 is 12.2 Å². The van der Waals surface area contributed by atoms with E-state index in [2.05, 4.69) is 5.32 Å².